The van der Waals surface area contributed by atoms with E-state index in [1.54, 1.807) is 21.3 Å². The minimum absolute atomic E-state index is 0.0197. The van der Waals surface area contributed by atoms with Crippen LogP contribution in [-0.4, -0.2) is 98.2 Å². The first-order valence-corrected chi connectivity index (χ1v) is 13.1. The van der Waals surface area contributed by atoms with Gasteiger partial charge in [-0.2, -0.15) is 0 Å². The molecular formula is C26H41NO7. The predicted molar refractivity (Wildman–Crippen MR) is 122 cm³/mol. The zero-order chi connectivity index (χ0) is 24.2. The maximum Gasteiger partial charge on any atom is 0.302 e. The van der Waals surface area contributed by atoms with Crippen molar-refractivity contribution in [2.24, 2.45) is 40.4 Å². The molecule has 1 saturated heterocycles. The third kappa shape index (κ3) is 2.48. The van der Waals surface area contributed by atoms with E-state index in [1.807, 2.05) is 0 Å². The Balaban J connectivity index is 1.61. The van der Waals surface area contributed by atoms with Crippen molar-refractivity contribution in [2.45, 2.75) is 75.6 Å². The van der Waals surface area contributed by atoms with Crippen molar-refractivity contribution < 1.29 is 34.0 Å². The smallest absolute Gasteiger partial charge is 0.302 e. The normalized spacial score (nSPS) is 57.0. The molecule has 0 aromatic carbocycles. The number of likely N-dealkylation sites (tertiary alicyclic amines) is 1. The van der Waals surface area contributed by atoms with Crippen molar-refractivity contribution >= 4 is 5.97 Å². The number of hydrogen-bond donors (Lipinski definition) is 2. The summed E-state index contributed by atoms with van der Waals surface area (Å²) in [5.74, 6) is -0.586. The summed E-state index contributed by atoms with van der Waals surface area (Å²) in [7, 11) is 5.23. The molecule has 0 aromatic heterocycles. The number of esters is 1. The van der Waals surface area contributed by atoms with Crippen LogP contribution in [-0.2, 0) is 23.7 Å². The lowest BCUT2D eigenvalue weighted by atomic mass is 9.43. The summed E-state index contributed by atoms with van der Waals surface area (Å²) >= 11 is 0. The minimum Gasteiger partial charge on any atom is -0.462 e. The zero-order valence-electron chi connectivity index (χ0n) is 21.1. The number of fused-ring (bicyclic) bond motifs is 2. The van der Waals surface area contributed by atoms with Gasteiger partial charge in [-0.15, -0.1) is 0 Å². The average molecular weight is 480 g/mol. The summed E-state index contributed by atoms with van der Waals surface area (Å²) in [4.78, 5) is 14.7. The lowest BCUT2D eigenvalue weighted by Gasteiger charge is -2.68. The maximum atomic E-state index is 12.7. The Morgan fingerprint density at radius 1 is 1.15 bits per heavy atom. The maximum absolute atomic E-state index is 12.7. The average Bonchev–Trinajstić information content (AvgIpc) is 3.23. The van der Waals surface area contributed by atoms with E-state index in [0.717, 1.165) is 32.4 Å². The molecule has 6 rings (SSSR count). The van der Waals surface area contributed by atoms with E-state index >= 15 is 0 Å². The van der Waals surface area contributed by atoms with E-state index in [1.165, 1.54) is 6.92 Å². The van der Waals surface area contributed by atoms with E-state index in [4.69, 9.17) is 18.9 Å². The van der Waals surface area contributed by atoms with Gasteiger partial charge in [0.15, 0.2) is 0 Å². The highest BCUT2D eigenvalue weighted by Gasteiger charge is 2.86. The molecule has 0 radical (unpaired) electrons. The van der Waals surface area contributed by atoms with Crippen LogP contribution in [0.5, 0.6) is 0 Å². The number of hydrogen-bond acceptors (Lipinski definition) is 8. The summed E-state index contributed by atoms with van der Waals surface area (Å²) in [5.41, 5.74) is -1.66. The summed E-state index contributed by atoms with van der Waals surface area (Å²) in [6.45, 7) is 6.00. The Morgan fingerprint density at radius 3 is 2.53 bits per heavy atom. The topological polar surface area (TPSA) is 97.7 Å². The van der Waals surface area contributed by atoms with Gasteiger partial charge in [0.1, 0.15) is 6.10 Å². The molecule has 5 saturated carbocycles. The number of piperidine rings is 1. The van der Waals surface area contributed by atoms with E-state index < -0.39 is 23.2 Å². The third-order valence-corrected chi connectivity index (χ3v) is 11.4. The molecule has 1 aliphatic heterocycles. The van der Waals surface area contributed by atoms with E-state index in [2.05, 4.69) is 11.8 Å². The molecule has 8 heteroatoms. The van der Waals surface area contributed by atoms with E-state index in [9.17, 15) is 15.0 Å². The first-order valence-electron chi connectivity index (χ1n) is 13.1. The molecule has 1 heterocycles. The molecule has 8 nitrogen and oxygen atoms in total. The fourth-order valence-corrected chi connectivity index (χ4v) is 11.0. The predicted octanol–water partition coefficient (Wildman–Crippen LogP) is 1.07. The van der Waals surface area contributed by atoms with Gasteiger partial charge in [-0.1, -0.05) is 6.92 Å². The molecule has 0 aromatic rings. The summed E-state index contributed by atoms with van der Waals surface area (Å²) in [6, 6.07) is 0.0197. The van der Waals surface area contributed by atoms with Crippen LogP contribution >= 0.6 is 0 Å². The number of rotatable bonds is 6. The van der Waals surface area contributed by atoms with Crippen molar-refractivity contribution in [2.75, 3.05) is 41.0 Å². The molecule has 6 fully saturated rings. The number of ether oxygens (including phenoxy) is 4. The standard InChI is InChI=1S/C26H41NO7/c1-6-27-11-24(12-31-3)8-7-17(29)26-15-9-14-16(32-4)10-25(30,18(15)20(14)34-13(2)28)19(23(26)27)21(33-5)22(24)26/h14-23,29-30H,6-12H2,1-5H3/t14-,15-,16+,17+,18-,19+,20+,21+,22-,23-,24+,25-,26?/m1/s1. The quantitative estimate of drug-likeness (QED) is 0.546. The minimum atomic E-state index is -1.09. The molecule has 7 bridgehead atoms. The summed E-state index contributed by atoms with van der Waals surface area (Å²) in [6.07, 6.45) is 1.64. The number of nitrogens with zero attached hydrogens (tertiary/aromatic N) is 1. The number of carbonyl (C=O) groups excluding carboxylic acids is 1. The fourth-order valence-electron chi connectivity index (χ4n) is 11.0. The third-order valence-electron chi connectivity index (χ3n) is 11.4. The van der Waals surface area contributed by atoms with Gasteiger partial charge in [0.25, 0.3) is 0 Å². The van der Waals surface area contributed by atoms with Gasteiger partial charge in [0.2, 0.25) is 0 Å². The van der Waals surface area contributed by atoms with Crippen LogP contribution in [0.3, 0.4) is 0 Å². The number of aliphatic hydroxyl groups is 2. The van der Waals surface area contributed by atoms with Crippen molar-refractivity contribution in [3.63, 3.8) is 0 Å². The molecule has 192 valence electrons. The van der Waals surface area contributed by atoms with Crippen LogP contribution in [0, 0.1) is 40.4 Å². The van der Waals surface area contributed by atoms with Gasteiger partial charge in [-0.3, -0.25) is 9.69 Å². The molecule has 13 atom stereocenters. The lowest BCUT2D eigenvalue weighted by molar-refractivity contribution is -0.274. The van der Waals surface area contributed by atoms with Gasteiger partial charge >= 0.3 is 5.97 Å². The Kier molecular flexibility index (Phi) is 5.29. The van der Waals surface area contributed by atoms with Crippen molar-refractivity contribution in [3.05, 3.63) is 0 Å². The fraction of sp³-hybridized carbons (Fsp3) is 0.962. The summed E-state index contributed by atoms with van der Waals surface area (Å²) in [5, 5.41) is 24.7. The van der Waals surface area contributed by atoms with E-state index in [0.29, 0.717) is 13.0 Å². The molecule has 5 aliphatic carbocycles. The Hall–Kier alpha value is -0.770. The van der Waals surface area contributed by atoms with Crippen LogP contribution in [0.4, 0.5) is 0 Å². The molecule has 6 aliphatic rings. The van der Waals surface area contributed by atoms with Gasteiger partial charge < -0.3 is 29.2 Å². The van der Waals surface area contributed by atoms with Gasteiger partial charge in [-0.05, 0) is 31.7 Å². The first kappa shape index (κ1) is 23.6. The molecule has 34 heavy (non-hydrogen) atoms. The van der Waals surface area contributed by atoms with Crippen LogP contribution < -0.4 is 0 Å². The van der Waals surface area contributed by atoms with Crippen LogP contribution in [0.2, 0.25) is 0 Å². The number of methoxy groups -OCH3 is 3. The van der Waals surface area contributed by atoms with Crippen molar-refractivity contribution in [1.82, 2.24) is 4.90 Å². The Bertz CT molecular complexity index is 855. The molecule has 2 N–H and O–H groups in total. The zero-order valence-corrected chi connectivity index (χ0v) is 21.1. The SMILES string of the molecule is CCN1C[C@]2(COC)CC[C@H](O)C34[C@@H]5C[C@H]6[C@H](OC(C)=O)[C@@H]5[C@](O)(C[C@@H]6OC)[C@@H]([C@H](OC)[C@@H]32)[C@@H]14. The molecule has 1 spiro atoms. The summed E-state index contributed by atoms with van der Waals surface area (Å²) < 4.78 is 24.1. The second-order valence-corrected chi connectivity index (χ2v) is 12.1. The van der Waals surface area contributed by atoms with Crippen molar-refractivity contribution in [1.29, 1.82) is 0 Å². The highest BCUT2D eigenvalue weighted by molar-refractivity contribution is 5.66. The monoisotopic (exact) mass is 479 g/mol. The van der Waals surface area contributed by atoms with Crippen molar-refractivity contribution in [3.8, 4) is 0 Å². The van der Waals surface area contributed by atoms with Crippen LogP contribution in [0.15, 0.2) is 0 Å². The molecule has 1 unspecified atom stereocenters. The van der Waals surface area contributed by atoms with Crippen LogP contribution in [0.25, 0.3) is 0 Å². The largest absolute Gasteiger partial charge is 0.462 e. The first-order chi connectivity index (χ1) is 16.2. The molecular weight excluding hydrogens is 438 g/mol. The van der Waals surface area contributed by atoms with E-state index in [-0.39, 0.29) is 59.2 Å². The highest BCUT2D eigenvalue weighted by Crippen LogP contribution is 2.79. The van der Waals surface area contributed by atoms with Gasteiger partial charge in [0.05, 0.1) is 30.5 Å². The number of aliphatic hydroxyl groups excluding tert-OH is 1. The second-order valence-electron chi connectivity index (χ2n) is 12.1. The van der Waals surface area contributed by atoms with Gasteiger partial charge in [0, 0.05) is 81.8 Å². The van der Waals surface area contributed by atoms with Gasteiger partial charge in [-0.25, -0.2) is 0 Å². The molecule has 0 amide bonds. The Morgan fingerprint density at radius 2 is 1.91 bits per heavy atom. The highest BCUT2D eigenvalue weighted by atomic mass is 16.5. The number of carbonyl (C=O) groups is 1. The lowest BCUT2D eigenvalue weighted by Crippen LogP contribution is -2.76. The Labute approximate surface area is 202 Å². The van der Waals surface area contributed by atoms with Crippen LogP contribution in [0.1, 0.15) is 39.5 Å². The second kappa shape index (κ2) is 7.62.